The van der Waals surface area contributed by atoms with Gasteiger partial charge in [-0.25, -0.2) is 0 Å². The molecular weight excluding hydrogens is 212 g/mol. The van der Waals surface area contributed by atoms with Gasteiger partial charge in [-0.05, 0) is 37.5 Å². The van der Waals surface area contributed by atoms with Crippen molar-refractivity contribution in [3.8, 4) is 0 Å². The molecule has 0 aliphatic heterocycles. The molecule has 2 unspecified atom stereocenters. The van der Waals surface area contributed by atoms with Gasteiger partial charge in [0, 0.05) is 17.3 Å². The first kappa shape index (κ1) is 13.6. The predicted molar refractivity (Wildman–Crippen MR) is 72.0 cm³/mol. The van der Waals surface area contributed by atoms with Gasteiger partial charge in [-0.1, -0.05) is 26.3 Å². The molecule has 0 radical (unpaired) electrons. The van der Waals surface area contributed by atoms with Crippen LogP contribution in [0.15, 0.2) is 18.2 Å². The number of amides is 1. The second-order valence-electron chi connectivity index (χ2n) is 4.72. The Labute approximate surface area is 103 Å². The molecule has 0 saturated heterocycles. The highest BCUT2D eigenvalue weighted by molar-refractivity contribution is 5.96. The zero-order valence-corrected chi connectivity index (χ0v) is 11.1. The molecule has 3 N–H and O–H groups in total. The van der Waals surface area contributed by atoms with E-state index in [2.05, 4.69) is 19.2 Å². The summed E-state index contributed by atoms with van der Waals surface area (Å²) < 4.78 is 0. The number of aryl methyl sites for hydroxylation is 1. The molecule has 0 spiro atoms. The number of nitrogens with two attached hydrogens (primary N) is 1. The maximum Gasteiger partial charge on any atom is 0.251 e. The number of benzene rings is 1. The summed E-state index contributed by atoms with van der Waals surface area (Å²) in [6.07, 6.45) is 1.05. The highest BCUT2D eigenvalue weighted by Crippen LogP contribution is 2.14. The van der Waals surface area contributed by atoms with Crippen molar-refractivity contribution in [2.75, 3.05) is 5.73 Å². The number of rotatable bonds is 4. The molecule has 1 aromatic rings. The SMILES string of the molecule is CCC(C)C(C)NC(=O)c1cc(N)ccc1C. The van der Waals surface area contributed by atoms with Gasteiger partial charge in [0.25, 0.3) is 5.91 Å². The first-order valence-electron chi connectivity index (χ1n) is 6.12. The Kier molecular flexibility index (Phi) is 4.55. The van der Waals surface area contributed by atoms with Crippen LogP contribution in [0.25, 0.3) is 0 Å². The zero-order chi connectivity index (χ0) is 13.0. The van der Waals surface area contributed by atoms with Crippen molar-refractivity contribution < 1.29 is 4.79 Å². The maximum absolute atomic E-state index is 12.1. The third kappa shape index (κ3) is 3.48. The maximum atomic E-state index is 12.1. The van der Waals surface area contributed by atoms with E-state index in [1.807, 2.05) is 26.0 Å². The number of nitrogen functional groups attached to an aromatic ring is 1. The van der Waals surface area contributed by atoms with Gasteiger partial charge in [-0.15, -0.1) is 0 Å². The molecule has 0 fully saturated rings. The molecule has 1 rings (SSSR count). The summed E-state index contributed by atoms with van der Waals surface area (Å²) >= 11 is 0. The van der Waals surface area contributed by atoms with E-state index in [0.717, 1.165) is 12.0 Å². The third-order valence-corrected chi connectivity index (χ3v) is 3.36. The van der Waals surface area contributed by atoms with Crippen LogP contribution >= 0.6 is 0 Å². The van der Waals surface area contributed by atoms with E-state index < -0.39 is 0 Å². The van der Waals surface area contributed by atoms with Crippen molar-refractivity contribution >= 4 is 11.6 Å². The smallest absolute Gasteiger partial charge is 0.251 e. The average molecular weight is 234 g/mol. The number of anilines is 1. The minimum Gasteiger partial charge on any atom is -0.399 e. The molecule has 0 saturated carbocycles. The standard InChI is InChI=1S/C14H22N2O/c1-5-9(2)11(4)16-14(17)13-8-12(15)7-6-10(13)3/h6-9,11H,5,15H2,1-4H3,(H,16,17). The van der Waals surface area contributed by atoms with E-state index in [1.54, 1.807) is 6.07 Å². The topological polar surface area (TPSA) is 55.1 Å². The van der Waals surface area contributed by atoms with Crippen LogP contribution in [0.4, 0.5) is 5.69 Å². The molecule has 0 aliphatic rings. The average Bonchev–Trinajstić information content (AvgIpc) is 2.30. The van der Waals surface area contributed by atoms with Crippen LogP contribution in [0, 0.1) is 12.8 Å². The summed E-state index contributed by atoms with van der Waals surface area (Å²) in [7, 11) is 0. The Bertz CT molecular complexity index is 401. The molecule has 3 nitrogen and oxygen atoms in total. The van der Waals surface area contributed by atoms with Crippen molar-refractivity contribution in [3.05, 3.63) is 29.3 Å². The monoisotopic (exact) mass is 234 g/mol. The molecule has 1 amide bonds. The highest BCUT2D eigenvalue weighted by atomic mass is 16.1. The quantitative estimate of drug-likeness (QED) is 0.787. The van der Waals surface area contributed by atoms with Crippen molar-refractivity contribution in [2.45, 2.75) is 40.2 Å². The van der Waals surface area contributed by atoms with E-state index in [0.29, 0.717) is 17.2 Å². The zero-order valence-electron chi connectivity index (χ0n) is 11.1. The Morgan fingerprint density at radius 3 is 2.65 bits per heavy atom. The molecule has 1 aromatic carbocycles. The van der Waals surface area contributed by atoms with Gasteiger partial charge < -0.3 is 11.1 Å². The normalized spacial score (nSPS) is 14.1. The van der Waals surface area contributed by atoms with Crippen LogP contribution in [-0.2, 0) is 0 Å². The number of carbonyl (C=O) groups excluding carboxylic acids is 1. The van der Waals surface area contributed by atoms with Crippen LogP contribution in [0.3, 0.4) is 0 Å². The van der Waals surface area contributed by atoms with Crippen LogP contribution in [-0.4, -0.2) is 11.9 Å². The van der Waals surface area contributed by atoms with E-state index in [9.17, 15) is 4.79 Å². The summed E-state index contributed by atoms with van der Waals surface area (Å²) in [4.78, 5) is 12.1. The molecule has 3 heteroatoms. The molecule has 2 atom stereocenters. The van der Waals surface area contributed by atoms with E-state index in [-0.39, 0.29) is 11.9 Å². The number of nitrogens with one attached hydrogen (secondary N) is 1. The summed E-state index contributed by atoms with van der Waals surface area (Å²) in [6.45, 7) is 8.21. The number of hydrogen-bond donors (Lipinski definition) is 2. The molecule has 0 bridgehead atoms. The summed E-state index contributed by atoms with van der Waals surface area (Å²) in [5.41, 5.74) is 7.94. The van der Waals surface area contributed by atoms with Gasteiger partial charge in [0.15, 0.2) is 0 Å². The molecule has 0 aromatic heterocycles. The largest absolute Gasteiger partial charge is 0.399 e. The molecule has 94 valence electrons. The van der Waals surface area contributed by atoms with Gasteiger partial charge in [0.2, 0.25) is 0 Å². The van der Waals surface area contributed by atoms with E-state index >= 15 is 0 Å². The van der Waals surface area contributed by atoms with Crippen LogP contribution in [0.2, 0.25) is 0 Å². The van der Waals surface area contributed by atoms with Crippen LogP contribution in [0.1, 0.15) is 43.1 Å². The lowest BCUT2D eigenvalue weighted by atomic mass is 10.00. The Hall–Kier alpha value is -1.51. The molecule has 0 aliphatic carbocycles. The van der Waals surface area contributed by atoms with Crippen molar-refractivity contribution in [3.63, 3.8) is 0 Å². The number of carbonyl (C=O) groups is 1. The Morgan fingerprint density at radius 2 is 2.06 bits per heavy atom. The van der Waals surface area contributed by atoms with Crippen LogP contribution < -0.4 is 11.1 Å². The third-order valence-electron chi connectivity index (χ3n) is 3.36. The Morgan fingerprint density at radius 1 is 1.41 bits per heavy atom. The first-order chi connectivity index (χ1) is 7.95. The lowest BCUT2D eigenvalue weighted by Crippen LogP contribution is -2.37. The van der Waals surface area contributed by atoms with Crippen molar-refractivity contribution in [1.29, 1.82) is 0 Å². The predicted octanol–water partition coefficient (Wildman–Crippen LogP) is 2.74. The van der Waals surface area contributed by atoms with Crippen molar-refractivity contribution in [2.24, 2.45) is 5.92 Å². The minimum atomic E-state index is -0.0393. The molecule has 0 heterocycles. The fraction of sp³-hybridized carbons (Fsp3) is 0.500. The minimum absolute atomic E-state index is 0.0393. The molecule has 17 heavy (non-hydrogen) atoms. The lowest BCUT2D eigenvalue weighted by Gasteiger charge is -2.20. The van der Waals surface area contributed by atoms with Gasteiger partial charge in [-0.3, -0.25) is 4.79 Å². The van der Waals surface area contributed by atoms with Crippen LogP contribution in [0.5, 0.6) is 0 Å². The second kappa shape index (κ2) is 5.71. The van der Waals surface area contributed by atoms with Gasteiger partial charge in [-0.2, -0.15) is 0 Å². The lowest BCUT2D eigenvalue weighted by molar-refractivity contribution is 0.0927. The van der Waals surface area contributed by atoms with Gasteiger partial charge >= 0.3 is 0 Å². The summed E-state index contributed by atoms with van der Waals surface area (Å²) in [5.74, 6) is 0.433. The Balaban J connectivity index is 2.79. The highest BCUT2D eigenvalue weighted by Gasteiger charge is 2.15. The summed E-state index contributed by atoms with van der Waals surface area (Å²) in [5, 5.41) is 3.02. The number of hydrogen-bond acceptors (Lipinski definition) is 2. The van der Waals surface area contributed by atoms with Gasteiger partial charge in [0.1, 0.15) is 0 Å². The summed E-state index contributed by atoms with van der Waals surface area (Å²) in [6, 6.07) is 5.59. The molecular formula is C14H22N2O. The first-order valence-corrected chi connectivity index (χ1v) is 6.12. The van der Waals surface area contributed by atoms with E-state index in [4.69, 9.17) is 5.73 Å². The van der Waals surface area contributed by atoms with Gasteiger partial charge in [0.05, 0.1) is 0 Å². The van der Waals surface area contributed by atoms with E-state index in [1.165, 1.54) is 0 Å². The second-order valence-corrected chi connectivity index (χ2v) is 4.72. The fourth-order valence-electron chi connectivity index (χ4n) is 1.66. The van der Waals surface area contributed by atoms with Crippen molar-refractivity contribution in [1.82, 2.24) is 5.32 Å². The fourth-order valence-corrected chi connectivity index (χ4v) is 1.66.